The van der Waals surface area contributed by atoms with Gasteiger partial charge in [-0.1, -0.05) is 25.1 Å². The van der Waals surface area contributed by atoms with E-state index in [1.807, 2.05) is 19.1 Å². The van der Waals surface area contributed by atoms with Crippen LogP contribution in [0, 0.1) is 0 Å². The average Bonchev–Trinajstić information content (AvgIpc) is 2.46. The highest BCUT2D eigenvalue weighted by molar-refractivity contribution is 7.50. The van der Waals surface area contributed by atoms with Gasteiger partial charge >= 0.3 is 7.75 Å². The first-order chi connectivity index (χ1) is 10.8. The van der Waals surface area contributed by atoms with Crippen LogP contribution in [0.2, 0.25) is 0 Å². The minimum atomic E-state index is -4.55. The van der Waals surface area contributed by atoms with Crippen molar-refractivity contribution in [1.29, 1.82) is 0 Å². The average molecular weight is 337 g/mol. The molecule has 0 aromatic heterocycles. The SMILES string of the molecule is CCC(CC1=CC=C(O)CC1=NP(=O)(O)O)c1ccc(O)cc1. The van der Waals surface area contributed by atoms with Crippen LogP contribution in [0.25, 0.3) is 0 Å². The van der Waals surface area contributed by atoms with Crippen LogP contribution in [-0.2, 0) is 4.57 Å². The van der Waals surface area contributed by atoms with Gasteiger partial charge in [0.1, 0.15) is 5.75 Å². The van der Waals surface area contributed by atoms with Crippen molar-refractivity contribution in [3.63, 3.8) is 0 Å². The van der Waals surface area contributed by atoms with E-state index in [0.717, 1.165) is 12.0 Å². The van der Waals surface area contributed by atoms with E-state index in [1.54, 1.807) is 18.2 Å². The summed E-state index contributed by atoms with van der Waals surface area (Å²) in [5, 5.41) is 19.0. The number of aliphatic hydroxyl groups excluding tert-OH is 1. The lowest BCUT2D eigenvalue weighted by molar-refractivity contribution is 0.374. The maximum absolute atomic E-state index is 11.2. The van der Waals surface area contributed by atoms with Gasteiger partial charge in [-0.05, 0) is 48.1 Å². The van der Waals surface area contributed by atoms with Crippen LogP contribution < -0.4 is 0 Å². The van der Waals surface area contributed by atoms with Gasteiger partial charge < -0.3 is 20.0 Å². The molecule has 0 radical (unpaired) electrons. The summed E-state index contributed by atoms with van der Waals surface area (Å²) in [7, 11) is -4.55. The molecule has 1 aliphatic rings. The fourth-order valence-corrected chi connectivity index (χ4v) is 3.10. The van der Waals surface area contributed by atoms with E-state index >= 15 is 0 Å². The summed E-state index contributed by atoms with van der Waals surface area (Å²) in [6.45, 7) is 2.02. The lowest BCUT2D eigenvalue weighted by Gasteiger charge is -2.21. The molecular formula is C16H20NO5P. The highest BCUT2D eigenvalue weighted by Gasteiger charge is 2.22. The van der Waals surface area contributed by atoms with Crippen molar-refractivity contribution < 1.29 is 24.6 Å². The second-order valence-electron chi connectivity index (χ2n) is 5.49. The molecule has 0 fully saturated rings. The number of nitrogens with zero attached hydrogens (tertiary/aromatic N) is 1. The van der Waals surface area contributed by atoms with Crippen molar-refractivity contribution in [1.82, 2.24) is 0 Å². The van der Waals surface area contributed by atoms with Gasteiger partial charge in [-0.2, -0.15) is 4.76 Å². The van der Waals surface area contributed by atoms with Gasteiger partial charge in [0.2, 0.25) is 0 Å². The molecule has 0 spiro atoms. The van der Waals surface area contributed by atoms with Gasteiger partial charge in [0, 0.05) is 6.42 Å². The normalized spacial score (nSPS) is 18.5. The van der Waals surface area contributed by atoms with Gasteiger partial charge in [0.25, 0.3) is 0 Å². The summed E-state index contributed by atoms with van der Waals surface area (Å²) in [6.07, 6.45) is 4.56. The van der Waals surface area contributed by atoms with Crippen molar-refractivity contribution in [3.05, 3.63) is 53.3 Å². The predicted molar refractivity (Wildman–Crippen MR) is 88.6 cm³/mol. The second kappa shape index (κ2) is 7.13. The van der Waals surface area contributed by atoms with Crippen LogP contribution in [0.4, 0.5) is 0 Å². The number of phenols is 1. The van der Waals surface area contributed by atoms with Crippen LogP contribution in [0.5, 0.6) is 5.75 Å². The maximum atomic E-state index is 11.2. The van der Waals surface area contributed by atoms with Gasteiger partial charge in [0.15, 0.2) is 0 Å². The molecule has 1 aromatic rings. The van der Waals surface area contributed by atoms with Gasteiger partial charge in [-0.25, -0.2) is 4.57 Å². The largest absolute Gasteiger partial charge is 0.512 e. The zero-order chi connectivity index (χ0) is 17.0. The van der Waals surface area contributed by atoms with Gasteiger partial charge in [-0.3, -0.25) is 0 Å². The zero-order valence-corrected chi connectivity index (χ0v) is 13.6. The molecule has 23 heavy (non-hydrogen) atoms. The molecule has 124 valence electrons. The van der Waals surface area contributed by atoms with Crippen LogP contribution in [0.15, 0.2) is 52.5 Å². The number of aromatic hydroxyl groups is 1. The zero-order valence-electron chi connectivity index (χ0n) is 12.8. The number of allylic oxidation sites excluding steroid dienone is 4. The molecule has 6 nitrogen and oxygen atoms in total. The molecule has 7 heteroatoms. The van der Waals surface area contributed by atoms with Crippen LogP contribution in [0.1, 0.15) is 37.7 Å². The maximum Gasteiger partial charge on any atom is 0.448 e. The number of benzene rings is 1. The van der Waals surface area contributed by atoms with E-state index in [-0.39, 0.29) is 29.6 Å². The first-order valence-electron chi connectivity index (χ1n) is 7.31. The summed E-state index contributed by atoms with van der Waals surface area (Å²) in [5.74, 6) is 0.341. The first-order valence-corrected chi connectivity index (χ1v) is 8.87. The van der Waals surface area contributed by atoms with E-state index in [0.29, 0.717) is 12.0 Å². The molecule has 1 aliphatic carbocycles. The monoisotopic (exact) mass is 337 g/mol. The van der Waals surface area contributed by atoms with Crippen molar-refractivity contribution >= 4 is 13.5 Å². The topological polar surface area (TPSA) is 110 Å². The smallest absolute Gasteiger partial charge is 0.448 e. The second-order valence-corrected chi connectivity index (χ2v) is 6.71. The van der Waals surface area contributed by atoms with E-state index in [2.05, 4.69) is 4.76 Å². The fourth-order valence-electron chi connectivity index (χ4n) is 2.59. The molecule has 0 saturated carbocycles. The highest BCUT2D eigenvalue weighted by atomic mass is 31.2. The van der Waals surface area contributed by atoms with Gasteiger partial charge in [0.05, 0.1) is 11.5 Å². The molecule has 1 unspecified atom stereocenters. The number of rotatable bonds is 5. The molecule has 1 aromatic carbocycles. The third-order valence-corrected chi connectivity index (χ3v) is 4.27. The first kappa shape index (κ1) is 17.5. The Balaban J connectivity index is 2.28. The molecule has 0 heterocycles. The number of hydrogen-bond donors (Lipinski definition) is 4. The van der Waals surface area contributed by atoms with Crippen molar-refractivity contribution in [3.8, 4) is 5.75 Å². The van der Waals surface area contributed by atoms with E-state index in [1.165, 1.54) is 6.08 Å². The Morgan fingerprint density at radius 2 is 1.83 bits per heavy atom. The Morgan fingerprint density at radius 3 is 2.39 bits per heavy atom. The third kappa shape index (κ3) is 5.06. The standard InChI is InChI=1S/C16H20NO5P/c1-2-11(12-3-6-14(18)7-4-12)9-13-5-8-15(19)10-16(13)17-23(20,21)22/h3-8,11,18-19H,2,9-10H2,1H3,(H2,20,21,22). The van der Waals surface area contributed by atoms with Crippen LogP contribution in [0.3, 0.4) is 0 Å². The van der Waals surface area contributed by atoms with Crippen molar-refractivity contribution in [2.45, 2.75) is 32.1 Å². The summed E-state index contributed by atoms with van der Waals surface area (Å²) in [4.78, 5) is 18.2. The molecule has 0 amide bonds. The third-order valence-electron chi connectivity index (χ3n) is 3.77. The minimum absolute atomic E-state index is 0.0168. The van der Waals surface area contributed by atoms with Crippen molar-refractivity contribution in [2.75, 3.05) is 0 Å². The number of phenolic OH excluding ortho intramolecular Hbond substituents is 1. The predicted octanol–water partition coefficient (Wildman–Crippen LogP) is 3.58. The van der Waals surface area contributed by atoms with E-state index < -0.39 is 7.75 Å². The molecular weight excluding hydrogens is 317 g/mol. The Hall–Kier alpha value is -1.88. The fraction of sp³-hybridized carbons (Fsp3) is 0.312. The van der Waals surface area contributed by atoms with Crippen LogP contribution in [-0.4, -0.2) is 25.7 Å². The van der Waals surface area contributed by atoms with E-state index in [9.17, 15) is 14.8 Å². The molecule has 4 N–H and O–H groups in total. The number of hydrogen-bond acceptors (Lipinski definition) is 3. The molecule has 2 rings (SSSR count). The molecule has 0 aliphatic heterocycles. The molecule has 0 bridgehead atoms. The lowest BCUT2D eigenvalue weighted by Crippen LogP contribution is -2.12. The Labute approximate surface area is 134 Å². The summed E-state index contributed by atoms with van der Waals surface area (Å²) in [5.41, 5.74) is 1.95. The Morgan fingerprint density at radius 1 is 1.17 bits per heavy atom. The Kier molecular flexibility index (Phi) is 5.42. The minimum Gasteiger partial charge on any atom is -0.512 e. The molecule has 0 saturated heterocycles. The van der Waals surface area contributed by atoms with E-state index in [4.69, 9.17) is 9.79 Å². The quantitative estimate of drug-likeness (QED) is 0.614. The lowest BCUT2D eigenvalue weighted by atomic mass is 9.86. The van der Waals surface area contributed by atoms with Crippen LogP contribution >= 0.6 is 7.75 Å². The van der Waals surface area contributed by atoms with Crippen molar-refractivity contribution in [2.24, 2.45) is 4.76 Å². The summed E-state index contributed by atoms with van der Waals surface area (Å²) in [6, 6.07) is 6.90. The number of aliphatic hydroxyl groups is 1. The molecule has 1 atom stereocenters. The Bertz CT molecular complexity index is 700. The highest BCUT2D eigenvalue weighted by Crippen LogP contribution is 2.39. The van der Waals surface area contributed by atoms with Gasteiger partial charge in [-0.15, -0.1) is 0 Å². The summed E-state index contributed by atoms with van der Waals surface area (Å²) < 4.78 is 14.6. The summed E-state index contributed by atoms with van der Waals surface area (Å²) >= 11 is 0.